The van der Waals surface area contributed by atoms with Crippen LogP contribution in [0.15, 0.2) is 12.1 Å². The minimum atomic E-state index is -1.01. The lowest BCUT2D eigenvalue weighted by atomic mass is 10.1. The van der Waals surface area contributed by atoms with E-state index in [0.717, 1.165) is 0 Å². The molecule has 8 heteroatoms. The van der Waals surface area contributed by atoms with Gasteiger partial charge in [0.1, 0.15) is 5.69 Å². The van der Waals surface area contributed by atoms with Gasteiger partial charge in [-0.2, -0.15) is 0 Å². The average molecular weight is 311 g/mol. The lowest BCUT2D eigenvalue weighted by Crippen LogP contribution is -2.45. The fourth-order valence-corrected chi connectivity index (χ4v) is 2.06. The van der Waals surface area contributed by atoms with Gasteiger partial charge in [-0.15, -0.1) is 0 Å². The number of hydrogen-bond acceptors (Lipinski definition) is 5. The van der Waals surface area contributed by atoms with E-state index >= 15 is 0 Å². The summed E-state index contributed by atoms with van der Waals surface area (Å²) < 4.78 is 4.97. The van der Waals surface area contributed by atoms with Crippen LogP contribution in [0, 0.1) is 10.1 Å². The quantitative estimate of drug-likeness (QED) is 0.639. The Bertz CT molecular complexity index is 554. The van der Waals surface area contributed by atoms with E-state index in [0.29, 0.717) is 24.4 Å². The molecule has 0 saturated heterocycles. The molecule has 0 atom stereocenters. The number of rotatable bonds is 6. The summed E-state index contributed by atoms with van der Waals surface area (Å²) in [5.41, 5.74) is -0.318. The van der Waals surface area contributed by atoms with Crippen LogP contribution in [-0.2, 0) is 6.42 Å². The Balaban J connectivity index is 2.83. The van der Waals surface area contributed by atoms with E-state index in [1.54, 1.807) is 20.8 Å². The second kappa shape index (κ2) is 7.06. The first kappa shape index (κ1) is 17.7. The Morgan fingerprint density at radius 2 is 2.09 bits per heavy atom. The van der Waals surface area contributed by atoms with Crippen LogP contribution in [-0.4, -0.2) is 45.2 Å². The third-order valence-electron chi connectivity index (χ3n) is 3.17. The molecule has 0 aliphatic carbocycles. The molecule has 0 aromatic carbocycles. The first-order chi connectivity index (χ1) is 10.2. The Kier molecular flexibility index (Phi) is 5.67. The van der Waals surface area contributed by atoms with E-state index in [4.69, 9.17) is 4.74 Å². The number of aryl methyl sites for hydroxylation is 1. The van der Waals surface area contributed by atoms with Gasteiger partial charge in [-0.05, 0) is 33.6 Å². The van der Waals surface area contributed by atoms with Crippen molar-refractivity contribution in [3.05, 3.63) is 27.9 Å². The molecule has 8 nitrogen and oxygen atoms in total. The van der Waals surface area contributed by atoms with E-state index in [-0.39, 0.29) is 12.2 Å². The van der Waals surface area contributed by atoms with Gasteiger partial charge in [-0.3, -0.25) is 10.1 Å². The zero-order chi connectivity index (χ0) is 16.9. The molecule has 22 heavy (non-hydrogen) atoms. The number of aromatic nitrogens is 1. The number of methoxy groups -OCH3 is 1. The maximum atomic E-state index is 11.2. The summed E-state index contributed by atoms with van der Waals surface area (Å²) in [5, 5.41) is 20.2. The molecule has 1 rings (SSSR count). The number of pyridine rings is 1. The second-order valence-electron chi connectivity index (χ2n) is 5.79. The summed E-state index contributed by atoms with van der Waals surface area (Å²) in [6, 6.07) is 2.78. The molecule has 0 spiro atoms. The lowest BCUT2D eigenvalue weighted by molar-refractivity contribution is -0.386. The molecular formula is C14H21N3O5. The number of ether oxygens (including phenoxy) is 1. The number of amides is 1. The van der Waals surface area contributed by atoms with Crippen LogP contribution < -0.4 is 4.74 Å². The highest BCUT2D eigenvalue weighted by Crippen LogP contribution is 2.22. The molecule has 122 valence electrons. The van der Waals surface area contributed by atoms with E-state index in [9.17, 15) is 20.0 Å². The maximum Gasteiger partial charge on any atom is 0.407 e. The molecule has 0 aliphatic heterocycles. The van der Waals surface area contributed by atoms with Crippen LogP contribution in [0.25, 0.3) is 0 Å². The fourth-order valence-electron chi connectivity index (χ4n) is 2.06. The van der Waals surface area contributed by atoms with Gasteiger partial charge < -0.3 is 14.7 Å². The van der Waals surface area contributed by atoms with Crippen molar-refractivity contribution in [1.82, 2.24) is 9.88 Å². The first-order valence-electron chi connectivity index (χ1n) is 6.85. The van der Waals surface area contributed by atoms with Crippen molar-refractivity contribution >= 4 is 11.8 Å². The third kappa shape index (κ3) is 4.57. The Labute approximate surface area is 128 Å². The van der Waals surface area contributed by atoms with Crippen LogP contribution in [0.2, 0.25) is 0 Å². The Morgan fingerprint density at radius 1 is 1.45 bits per heavy atom. The van der Waals surface area contributed by atoms with Crippen LogP contribution in [0.3, 0.4) is 0 Å². The molecule has 0 fully saturated rings. The molecule has 1 aromatic rings. The van der Waals surface area contributed by atoms with Crippen molar-refractivity contribution in [2.45, 2.75) is 39.2 Å². The number of nitro groups is 1. The van der Waals surface area contributed by atoms with E-state index in [1.165, 1.54) is 24.1 Å². The van der Waals surface area contributed by atoms with Gasteiger partial charge in [-0.25, -0.2) is 9.78 Å². The van der Waals surface area contributed by atoms with E-state index < -0.39 is 16.6 Å². The zero-order valence-corrected chi connectivity index (χ0v) is 13.2. The highest BCUT2D eigenvalue weighted by atomic mass is 16.6. The molecule has 1 N–H and O–H groups in total. The number of carboxylic acid groups (broad SMARTS) is 1. The van der Waals surface area contributed by atoms with Gasteiger partial charge in [-0.1, -0.05) is 0 Å². The van der Waals surface area contributed by atoms with Crippen LogP contribution in [0.5, 0.6) is 5.88 Å². The largest absolute Gasteiger partial charge is 0.481 e. The second-order valence-corrected chi connectivity index (χ2v) is 5.79. The predicted octanol–water partition coefficient (Wildman–Crippen LogP) is 2.71. The molecule has 0 saturated carbocycles. The molecule has 1 aromatic heterocycles. The zero-order valence-electron chi connectivity index (χ0n) is 13.2. The summed E-state index contributed by atoms with van der Waals surface area (Å²) in [6.07, 6.45) is -0.279. The maximum absolute atomic E-state index is 11.2. The number of nitrogens with zero attached hydrogens (tertiary/aromatic N) is 3. The molecule has 1 heterocycles. The topological polar surface area (TPSA) is 106 Å². The monoisotopic (exact) mass is 311 g/mol. The van der Waals surface area contributed by atoms with Gasteiger partial charge in [0.15, 0.2) is 0 Å². The Hall–Kier alpha value is -2.38. The van der Waals surface area contributed by atoms with Gasteiger partial charge in [0.05, 0.1) is 12.0 Å². The SMILES string of the molecule is COc1ccc([N+](=O)[O-])c(CCCN(C(=O)O)C(C)(C)C)n1. The summed E-state index contributed by atoms with van der Waals surface area (Å²) >= 11 is 0. The number of carbonyl (C=O) groups is 1. The van der Waals surface area contributed by atoms with Crippen molar-refractivity contribution in [1.29, 1.82) is 0 Å². The summed E-state index contributed by atoms with van der Waals surface area (Å²) in [4.78, 5) is 27.1. The normalized spacial score (nSPS) is 11.1. The highest BCUT2D eigenvalue weighted by Gasteiger charge is 2.26. The molecular weight excluding hydrogens is 290 g/mol. The van der Waals surface area contributed by atoms with Crippen molar-refractivity contribution in [3.8, 4) is 5.88 Å². The Morgan fingerprint density at radius 3 is 2.55 bits per heavy atom. The van der Waals surface area contributed by atoms with Gasteiger partial charge >= 0.3 is 6.09 Å². The molecule has 0 radical (unpaired) electrons. The first-order valence-corrected chi connectivity index (χ1v) is 6.85. The van der Waals surface area contributed by atoms with Gasteiger partial charge in [0.2, 0.25) is 5.88 Å². The minimum absolute atomic E-state index is 0.0848. The predicted molar refractivity (Wildman–Crippen MR) is 80.2 cm³/mol. The van der Waals surface area contributed by atoms with Gasteiger partial charge in [0.25, 0.3) is 5.69 Å². The summed E-state index contributed by atoms with van der Waals surface area (Å²) in [7, 11) is 1.43. The van der Waals surface area contributed by atoms with Crippen molar-refractivity contribution < 1.29 is 19.6 Å². The van der Waals surface area contributed by atoms with Crippen LogP contribution in [0.4, 0.5) is 10.5 Å². The third-order valence-corrected chi connectivity index (χ3v) is 3.17. The minimum Gasteiger partial charge on any atom is -0.481 e. The van der Waals surface area contributed by atoms with E-state index in [2.05, 4.69) is 4.98 Å². The summed E-state index contributed by atoms with van der Waals surface area (Å²) in [6.45, 7) is 5.67. The molecule has 0 aliphatic rings. The van der Waals surface area contributed by atoms with Crippen molar-refractivity contribution in [3.63, 3.8) is 0 Å². The highest BCUT2D eigenvalue weighted by molar-refractivity contribution is 5.65. The molecule has 0 bridgehead atoms. The average Bonchev–Trinajstić information content (AvgIpc) is 2.41. The summed E-state index contributed by atoms with van der Waals surface area (Å²) in [5.74, 6) is 0.298. The molecule has 1 amide bonds. The standard InChI is InChI=1S/C14H21N3O5/c1-14(2,3)16(13(18)19)9-5-6-10-11(17(20)21)7-8-12(15-10)22-4/h7-8H,5-6,9H2,1-4H3,(H,18,19). The van der Waals surface area contributed by atoms with Gasteiger partial charge in [0, 0.05) is 24.2 Å². The van der Waals surface area contributed by atoms with Crippen molar-refractivity contribution in [2.75, 3.05) is 13.7 Å². The lowest BCUT2D eigenvalue weighted by Gasteiger charge is -2.33. The fraction of sp³-hybridized carbons (Fsp3) is 0.571. The van der Waals surface area contributed by atoms with Crippen LogP contribution in [0.1, 0.15) is 32.9 Å². The van der Waals surface area contributed by atoms with Crippen LogP contribution >= 0.6 is 0 Å². The number of hydrogen-bond donors (Lipinski definition) is 1. The van der Waals surface area contributed by atoms with E-state index in [1.807, 2.05) is 0 Å². The smallest absolute Gasteiger partial charge is 0.407 e. The molecule has 0 unspecified atom stereocenters. The van der Waals surface area contributed by atoms with Crippen molar-refractivity contribution in [2.24, 2.45) is 0 Å².